The highest BCUT2D eigenvalue weighted by molar-refractivity contribution is 5.44. The highest BCUT2D eigenvalue weighted by atomic mass is 19.1. The molecule has 0 radical (unpaired) electrons. The van der Waals surface area contributed by atoms with Gasteiger partial charge in [0.25, 0.3) is 0 Å². The minimum absolute atomic E-state index is 0.237. The van der Waals surface area contributed by atoms with Gasteiger partial charge < -0.3 is 5.32 Å². The maximum atomic E-state index is 14.3. The van der Waals surface area contributed by atoms with Crippen LogP contribution >= 0.6 is 0 Å². The van der Waals surface area contributed by atoms with Crippen molar-refractivity contribution in [2.75, 3.05) is 0 Å². The maximum absolute atomic E-state index is 14.3. The summed E-state index contributed by atoms with van der Waals surface area (Å²) in [6, 6.07) is 5.53. The third kappa shape index (κ3) is 2.75. The van der Waals surface area contributed by atoms with Crippen LogP contribution < -0.4 is 5.32 Å². The molecule has 0 bridgehead atoms. The molecule has 0 aliphatic carbocycles. The van der Waals surface area contributed by atoms with Gasteiger partial charge in [-0.15, -0.1) is 0 Å². The number of hydrogen-bond donors (Lipinski definition) is 1. The Morgan fingerprint density at radius 2 is 1.95 bits per heavy atom. The molecule has 20 heavy (non-hydrogen) atoms. The van der Waals surface area contributed by atoms with Gasteiger partial charge in [-0.2, -0.15) is 5.10 Å². The molecule has 0 aliphatic heterocycles. The molecule has 0 atom stereocenters. The van der Waals surface area contributed by atoms with E-state index in [-0.39, 0.29) is 5.82 Å². The van der Waals surface area contributed by atoms with Crippen molar-refractivity contribution in [2.45, 2.75) is 47.2 Å². The third-order valence-electron chi connectivity index (χ3n) is 3.64. The second kappa shape index (κ2) is 5.75. The van der Waals surface area contributed by atoms with Gasteiger partial charge in [0.05, 0.1) is 5.69 Å². The Morgan fingerprint density at radius 1 is 1.25 bits per heavy atom. The summed E-state index contributed by atoms with van der Waals surface area (Å²) in [6.45, 7) is 10.7. The van der Waals surface area contributed by atoms with Crippen LogP contribution in [-0.2, 0) is 6.54 Å². The fourth-order valence-corrected chi connectivity index (χ4v) is 2.19. The zero-order chi connectivity index (χ0) is 14.9. The van der Waals surface area contributed by atoms with E-state index in [1.54, 1.807) is 10.7 Å². The Hall–Kier alpha value is -1.68. The quantitative estimate of drug-likeness (QED) is 0.926. The van der Waals surface area contributed by atoms with Gasteiger partial charge in [-0.05, 0) is 38.0 Å². The monoisotopic (exact) mass is 275 g/mol. The van der Waals surface area contributed by atoms with E-state index in [1.165, 1.54) is 6.07 Å². The Kier molecular flexibility index (Phi) is 4.23. The summed E-state index contributed by atoms with van der Waals surface area (Å²) >= 11 is 0. The lowest BCUT2D eigenvalue weighted by Crippen LogP contribution is -2.23. The first-order valence-corrected chi connectivity index (χ1v) is 6.95. The van der Waals surface area contributed by atoms with E-state index in [9.17, 15) is 4.39 Å². The molecule has 1 heterocycles. The van der Waals surface area contributed by atoms with Gasteiger partial charge in [0.2, 0.25) is 0 Å². The number of nitrogens with zero attached hydrogens (tertiary/aromatic N) is 2. The zero-order valence-corrected chi connectivity index (χ0v) is 12.8. The first-order valence-electron chi connectivity index (χ1n) is 6.95. The fraction of sp³-hybridized carbons (Fsp3) is 0.438. The average Bonchev–Trinajstić information content (AvgIpc) is 2.64. The SMILES string of the molecule is Cc1nn(-c2c(F)cccc2CNC(C)C)c(C)c1C. The Balaban J connectivity index is 2.51. The van der Waals surface area contributed by atoms with E-state index in [4.69, 9.17) is 0 Å². The molecule has 0 fully saturated rings. The predicted molar refractivity (Wildman–Crippen MR) is 79.7 cm³/mol. The topological polar surface area (TPSA) is 29.9 Å². The summed E-state index contributed by atoms with van der Waals surface area (Å²) in [5, 5.41) is 7.81. The number of para-hydroxylation sites is 1. The highest BCUT2D eigenvalue weighted by Crippen LogP contribution is 2.23. The second-order valence-corrected chi connectivity index (χ2v) is 5.49. The average molecular weight is 275 g/mol. The minimum Gasteiger partial charge on any atom is -0.310 e. The van der Waals surface area contributed by atoms with Crippen molar-refractivity contribution in [1.29, 1.82) is 0 Å². The van der Waals surface area contributed by atoms with Crippen LogP contribution in [0.4, 0.5) is 4.39 Å². The molecule has 0 amide bonds. The van der Waals surface area contributed by atoms with E-state index in [1.807, 2.05) is 26.8 Å². The Morgan fingerprint density at radius 3 is 2.50 bits per heavy atom. The lowest BCUT2D eigenvalue weighted by atomic mass is 10.1. The summed E-state index contributed by atoms with van der Waals surface area (Å²) in [4.78, 5) is 0. The standard InChI is InChI=1S/C16H22FN3/c1-10(2)18-9-14-7-6-8-15(17)16(14)20-13(5)11(3)12(4)19-20/h6-8,10,18H,9H2,1-5H3. The van der Waals surface area contributed by atoms with Crippen molar-refractivity contribution >= 4 is 0 Å². The lowest BCUT2D eigenvalue weighted by Gasteiger charge is -2.14. The molecule has 0 saturated carbocycles. The summed E-state index contributed by atoms with van der Waals surface area (Å²) in [6.07, 6.45) is 0. The highest BCUT2D eigenvalue weighted by Gasteiger charge is 2.16. The van der Waals surface area contributed by atoms with Crippen LogP contribution in [0.5, 0.6) is 0 Å². The first kappa shape index (κ1) is 14.7. The normalized spacial score (nSPS) is 11.3. The van der Waals surface area contributed by atoms with Crippen molar-refractivity contribution in [1.82, 2.24) is 15.1 Å². The van der Waals surface area contributed by atoms with Crippen LogP contribution in [0.2, 0.25) is 0 Å². The van der Waals surface area contributed by atoms with Crippen molar-refractivity contribution < 1.29 is 4.39 Å². The van der Waals surface area contributed by atoms with Crippen molar-refractivity contribution in [3.05, 3.63) is 46.5 Å². The Labute approximate surface area is 119 Å². The van der Waals surface area contributed by atoms with Gasteiger partial charge >= 0.3 is 0 Å². The van der Waals surface area contributed by atoms with Crippen LogP contribution in [0.15, 0.2) is 18.2 Å². The number of benzene rings is 1. The Bertz CT molecular complexity index is 614. The molecule has 1 N–H and O–H groups in total. The van der Waals surface area contributed by atoms with Gasteiger partial charge in [-0.25, -0.2) is 9.07 Å². The number of aryl methyl sites for hydroxylation is 1. The van der Waals surface area contributed by atoms with E-state index >= 15 is 0 Å². The molecule has 1 aromatic carbocycles. The molecular weight excluding hydrogens is 253 g/mol. The van der Waals surface area contributed by atoms with E-state index < -0.39 is 0 Å². The van der Waals surface area contributed by atoms with Crippen molar-refractivity contribution in [3.63, 3.8) is 0 Å². The summed E-state index contributed by atoms with van der Waals surface area (Å²) in [7, 11) is 0. The van der Waals surface area contributed by atoms with Crippen LogP contribution in [0.3, 0.4) is 0 Å². The molecular formula is C16H22FN3. The molecule has 108 valence electrons. The van der Waals surface area contributed by atoms with Crippen LogP contribution in [0.1, 0.15) is 36.4 Å². The van der Waals surface area contributed by atoms with E-state index in [0.717, 1.165) is 22.5 Å². The van der Waals surface area contributed by atoms with E-state index in [2.05, 4.69) is 24.3 Å². The maximum Gasteiger partial charge on any atom is 0.149 e. The predicted octanol–water partition coefficient (Wildman–Crippen LogP) is 3.43. The molecule has 2 aromatic rings. The summed E-state index contributed by atoms with van der Waals surface area (Å²) < 4.78 is 16.0. The first-order chi connectivity index (χ1) is 9.41. The molecule has 3 nitrogen and oxygen atoms in total. The molecule has 1 aromatic heterocycles. The second-order valence-electron chi connectivity index (χ2n) is 5.49. The zero-order valence-electron chi connectivity index (χ0n) is 12.8. The lowest BCUT2D eigenvalue weighted by molar-refractivity contribution is 0.571. The number of halogens is 1. The third-order valence-corrected chi connectivity index (χ3v) is 3.64. The molecule has 0 spiro atoms. The minimum atomic E-state index is -0.237. The molecule has 0 unspecified atom stereocenters. The molecule has 0 saturated heterocycles. The molecule has 2 rings (SSSR count). The van der Waals surface area contributed by atoms with Crippen LogP contribution in [-0.4, -0.2) is 15.8 Å². The van der Waals surface area contributed by atoms with Crippen molar-refractivity contribution in [2.24, 2.45) is 0 Å². The summed E-state index contributed by atoms with van der Waals surface area (Å²) in [5.74, 6) is -0.237. The molecule has 4 heteroatoms. The van der Waals surface area contributed by atoms with E-state index in [0.29, 0.717) is 18.3 Å². The number of hydrogen-bond acceptors (Lipinski definition) is 2. The van der Waals surface area contributed by atoms with Gasteiger partial charge in [-0.1, -0.05) is 26.0 Å². The van der Waals surface area contributed by atoms with Gasteiger partial charge in [-0.3, -0.25) is 0 Å². The number of aromatic nitrogens is 2. The van der Waals surface area contributed by atoms with Crippen LogP contribution in [0, 0.1) is 26.6 Å². The fourth-order valence-electron chi connectivity index (χ4n) is 2.19. The number of rotatable bonds is 4. The van der Waals surface area contributed by atoms with Crippen LogP contribution in [0.25, 0.3) is 5.69 Å². The number of nitrogens with one attached hydrogen (secondary N) is 1. The largest absolute Gasteiger partial charge is 0.310 e. The van der Waals surface area contributed by atoms with Gasteiger partial charge in [0.15, 0.2) is 0 Å². The summed E-state index contributed by atoms with van der Waals surface area (Å²) in [5.41, 5.74) is 4.50. The van der Waals surface area contributed by atoms with Crippen molar-refractivity contribution in [3.8, 4) is 5.69 Å². The van der Waals surface area contributed by atoms with Gasteiger partial charge in [0.1, 0.15) is 11.5 Å². The molecule has 0 aliphatic rings. The smallest absolute Gasteiger partial charge is 0.149 e. The van der Waals surface area contributed by atoms with Gasteiger partial charge in [0, 0.05) is 18.3 Å².